The van der Waals surface area contributed by atoms with Crippen molar-refractivity contribution in [1.82, 2.24) is 9.80 Å². The van der Waals surface area contributed by atoms with Crippen LogP contribution in [0.25, 0.3) is 0 Å². The molecule has 2 heterocycles. The average Bonchev–Trinajstić information content (AvgIpc) is 2.93. The van der Waals surface area contributed by atoms with E-state index in [-0.39, 0.29) is 5.41 Å². The van der Waals surface area contributed by atoms with Gasteiger partial charge in [-0.05, 0) is 50.0 Å². The molecule has 0 aromatic heterocycles. The molecule has 2 aliphatic rings. The molecule has 2 fully saturated rings. The summed E-state index contributed by atoms with van der Waals surface area (Å²) in [5.74, 6) is -1.49. The molecule has 1 N–H and O–H groups in total. The minimum Gasteiger partial charge on any atom is -0.497 e. The fraction of sp³-hybridized carbons (Fsp3) is 0.579. The number of alkyl halides is 3. The second kappa shape index (κ2) is 8.81. The van der Waals surface area contributed by atoms with E-state index in [0.717, 1.165) is 51.2 Å². The third-order valence-electron chi connectivity index (χ3n) is 5.35. The molecular weight excluding hydrogens is 377 g/mol. The van der Waals surface area contributed by atoms with Crippen molar-refractivity contribution < 1.29 is 32.6 Å². The maximum Gasteiger partial charge on any atom is 0.490 e. The second-order valence-corrected chi connectivity index (χ2v) is 7.18. The molecular formula is C19H25F3N2O4. The number of ether oxygens (including phenoxy) is 1. The van der Waals surface area contributed by atoms with Gasteiger partial charge in [0.05, 0.1) is 12.5 Å². The molecule has 0 aliphatic carbocycles. The highest BCUT2D eigenvalue weighted by Crippen LogP contribution is 2.41. The monoisotopic (exact) mass is 402 g/mol. The molecule has 28 heavy (non-hydrogen) atoms. The normalized spacial score (nSPS) is 19.3. The summed E-state index contributed by atoms with van der Waals surface area (Å²) in [6, 6.07) is 8.27. The highest BCUT2D eigenvalue weighted by molar-refractivity contribution is 5.84. The largest absolute Gasteiger partial charge is 0.497 e. The Kier molecular flexibility index (Phi) is 6.92. The van der Waals surface area contributed by atoms with Crippen LogP contribution in [0.2, 0.25) is 0 Å². The van der Waals surface area contributed by atoms with E-state index in [1.54, 1.807) is 7.11 Å². The van der Waals surface area contributed by atoms with Gasteiger partial charge in [0.25, 0.3) is 0 Å². The van der Waals surface area contributed by atoms with Crippen molar-refractivity contribution in [3.8, 4) is 5.75 Å². The lowest BCUT2D eigenvalue weighted by atomic mass is 9.77. The minimum atomic E-state index is -5.08. The summed E-state index contributed by atoms with van der Waals surface area (Å²) < 4.78 is 36.9. The van der Waals surface area contributed by atoms with Gasteiger partial charge in [-0.3, -0.25) is 9.69 Å². The van der Waals surface area contributed by atoms with Crippen molar-refractivity contribution in [2.75, 3.05) is 33.8 Å². The molecule has 1 aromatic rings. The van der Waals surface area contributed by atoms with Crippen LogP contribution in [0.1, 0.15) is 24.8 Å². The highest BCUT2D eigenvalue weighted by atomic mass is 19.4. The van der Waals surface area contributed by atoms with Crippen molar-refractivity contribution in [2.24, 2.45) is 5.41 Å². The quantitative estimate of drug-likeness (QED) is 0.842. The van der Waals surface area contributed by atoms with Crippen LogP contribution in [0.4, 0.5) is 13.2 Å². The molecule has 0 atom stereocenters. The Labute approximate surface area is 161 Å². The molecule has 156 valence electrons. The maximum atomic E-state index is 12.3. The molecule has 0 radical (unpaired) electrons. The van der Waals surface area contributed by atoms with Crippen LogP contribution < -0.4 is 4.74 Å². The zero-order valence-corrected chi connectivity index (χ0v) is 16.0. The van der Waals surface area contributed by atoms with Gasteiger partial charge in [-0.25, -0.2) is 4.79 Å². The van der Waals surface area contributed by atoms with Crippen molar-refractivity contribution >= 4 is 11.9 Å². The fourth-order valence-corrected chi connectivity index (χ4v) is 3.59. The molecule has 1 amide bonds. The summed E-state index contributed by atoms with van der Waals surface area (Å²) in [5.41, 5.74) is 1.26. The van der Waals surface area contributed by atoms with Gasteiger partial charge in [0.2, 0.25) is 5.91 Å². The van der Waals surface area contributed by atoms with E-state index in [0.29, 0.717) is 5.91 Å². The van der Waals surface area contributed by atoms with Crippen molar-refractivity contribution in [1.29, 1.82) is 0 Å². The minimum absolute atomic E-state index is 0.0504. The Bertz CT molecular complexity index is 683. The number of likely N-dealkylation sites (tertiary alicyclic amines) is 2. The van der Waals surface area contributed by atoms with E-state index in [2.05, 4.69) is 17.0 Å². The summed E-state index contributed by atoms with van der Waals surface area (Å²) >= 11 is 0. The Morgan fingerprint density at radius 2 is 1.64 bits per heavy atom. The van der Waals surface area contributed by atoms with Crippen molar-refractivity contribution in [3.63, 3.8) is 0 Å². The third-order valence-corrected chi connectivity index (χ3v) is 5.35. The zero-order valence-electron chi connectivity index (χ0n) is 16.0. The highest BCUT2D eigenvalue weighted by Gasteiger charge is 2.46. The van der Waals surface area contributed by atoms with Crippen LogP contribution in [-0.2, 0) is 16.1 Å². The Hall–Kier alpha value is -2.29. The molecule has 9 heteroatoms. The van der Waals surface area contributed by atoms with Gasteiger partial charge in [-0.2, -0.15) is 13.2 Å². The lowest BCUT2D eigenvalue weighted by Crippen LogP contribution is -2.43. The standard InChI is InChI=1S/C17H24N2O2.C2HF3O2/c1-18-10-7-17(16(18)20)8-11-19(12-9-17)13-14-3-5-15(21-2)6-4-14;3-2(4,5)1(6)7/h3-6H,7-13H2,1-2H3;(H,6,7). The molecule has 0 bridgehead atoms. The SMILES string of the molecule is COc1ccc(CN2CCC3(CC2)CCN(C)C3=O)cc1.O=C(O)C(F)(F)F. The summed E-state index contributed by atoms with van der Waals surface area (Å²) in [4.78, 5) is 25.6. The number of benzene rings is 1. The van der Waals surface area contributed by atoms with E-state index in [1.807, 2.05) is 24.1 Å². The van der Waals surface area contributed by atoms with Crippen molar-refractivity contribution in [3.05, 3.63) is 29.8 Å². The summed E-state index contributed by atoms with van der Waals surface area (Å²) in [6.45, 7) is 3.93. The number of amides is 1. The van der Waals surface area contributed by atoms with Crippen molar-refractivity contribution in [2.45, 2.75) is 32.0 Å². The Morgan fingerprint density at radius 3 is 2.04 bits per heavy atom. The Balaban J connectivity index is 0.000000345. The number of rotatable bonds is 3. The number of carbonyl (C=O) groups is 2. The number of nitrogens with zero attached hydrogens (tertiary/aromatic N) is 2. The molecule has 6 nitrogen and oxygen atoms in total. The van der Waals surface area contributed by atoms with E-state index in [9.17, 15) is 18.0 Å². The molecule has 1 spiro atoms. The first kappa shape index (κ1) is 22.0. The van der Waals surface area contributed by atoms with E-state index in [4.69, 9.17) is 14.6 Å². The number of aliphatic carboxylic acids is 1. The van der Waals surface area contributed by atoms with Gasteiger partial charge in [0, 0.05) is 20.1 Å². The summed E-state index contributed by atoms with van der Waals surface area (Å²) in [5, 5.41) is 7.12. The maximum absolute atomic E-state index is 12.3. The number of piperidine rings is 1. The number of methoxy groups -OCH3 is 1. The van der Waals surface area contributed by atoms with E-state index < -0.39 is 12.1 Å². The van der Waals surface area contributed by atoms with Crippen LogP contribution in [-0.4, -0.2) is 66.8 Å². The fourth-order valence-electron chi connectivity index (χ4n) is 3.59. The Morgan fingerprint density at radius 1 is 1.14 bits per heavy atom. The third kappa shape index (κ3) is 5.37. The second-order valence-electron chi connectivity index (χ2n) is 7.18. The first-order chi connectivity index (χ1) is 13.1. The van der Waals surface area contributed by atoms with Crippen LogP contribution in [0, 0.1) is 5.41 Å². The van der Waals surface area contributed by atoms with Crippen LogP contribution >= 0.6 is 0 Å². The lowest BCUT2D eigenvalue weighted by molar-refractivity contribution is -0.192. The number of carboxylic acids is 1. The zero-order chi connectivity index (χ0) is 20.9. The van der Waals surface area contributed by atoms with Crippen LogP contribution in [0.15, 0.2) is 24.3 Å². The van der Waals surface area contributed by atoms with Gasteiger partial charge < -0.3 is 14.7 Å². The summed E-state index contributed by atoms with van der Waals surface area (Å²) in [7, 11) is 3.62. The van der Waals surface area contributed by atoms with Gasteiger partial charge in [0.1, 0.15) is 5.75 Å². The van der Waals surface area contributed by atoms with E-state index in [1.165, 1.54) is 5.56 Å². The molecule has 0 unspecified atom stereocenters. The molecule has 2 saturated heterocycles. The lowest BCUT2D eigenvalue weighted by Gasteiger charge is -2.37. The first-order valence-corrected chi connectivity index (χ1v) is 8.98. The van der Waals surface area contributed by atoms with E-state index >= 15 is 0 Å². The molecule has 0 saturated carbocycles. The molecule has 1 aromatic carbocycles. The number of carbonyl (C=O) groups excluding carboxylic acids is 1. The number of carboxylic acid groups (broad SMARTS) is 1. The predicted molar refractivity (Wildman–Crippen MR) is 95.9 cm³/mol. The van der Waals surface area contributed by atoms with Crippen LogP contribution in [0.3, 0.4) is 0 Å². The molecule has 2 aliphatic heterocycles. The predicted octanol–water partition coefficient (Wildman–Crippen LogP) is 2.77. The van der Waals surface area contributed by atoms with Gasteiger partial charge in [-0.15, -0.1) is 0 Å². The smallest absolute Gasteiger partial charge is 0.490 e. The average molecular weight is 402 g/mol. The number of halogens is 3. The first-order valence-electron chi connectivity index (χ1n) is 8.98. The molecule has 3 rings (SSSR count). The number of hydrogen-bond donors (Lipinski definition) is 1. The number of hydrogen-bond acceptors (Lipinski definition) is 4. The summed E-state index contributed by atoms with van der Waals surface area (Å²) in [6.07, 6.45) is -2.03. The van der Waals surface area contributed by atoms with Gasteiger partial charge in [-0.1, -0.05) is 12.1 Å². The van der Waals surface area contributed by atoms with Crippen LogP contribution in [0.5, 0.6) is 5.75 Å². The van der Waals surface area contributed by atoms with Gasteiger partial charge in [0.15, 0.2) is 0 Å². The van der Waals surface area contributed by atoms with Gasteiger partial charge >= 0.3 is 12.1 Å². The topological polar surface area (TPSA) is 70.1 Å².